The molecule has 4 nitrogen and oxygen atoms in total. The number of oxazole rings is 1. The molecule has 2 aromatic rings. The van der Waals surface area contributed by atoms with Gasteiger partial charge in [0.05, 0.1) is 5.56 Å². The number of aromatic nitrogens is 1. The van der Waals surface area contributed by atoms with Gasteiger partial charge >= 0.3 is 18.0 Å². The molecule has 0 atom stereocenters. The van der Waals surface area contributed by atoms with Crippen LogP contribution in [0.3, 0.4) is 0 Å². The van der Waals surface area contributed by atoms with E-state index in [4.69, 9.17) is 5.11 Å². The number of carboxylic acid groups (broad SMARTS) is 1. The molecule has 0 bridgehead atoms. The molecule has 1 aromatic carbocycles. The average molecular weight is 275 g/mol. The van der Waals surface area contributed by atoms with E-state index in [-0.39, 0.29) is 11.3 Å². The summed E-state index contributed by atoms with van der Waals surface area (Å²) in [7, 11) is 0. The Labute approximate surface area is 103 Å². The van der Waals surface area contributed by atoms with Crippen LogP contribution in [0.15, 0.2) is 28.9 Å². The Balaban J connectivity index is 2.45. The zero-order chi connectivity index (χ0) is 14.2. The van der Waals surface area contributed by atoms with Gasteiger partial charge in [-0.1, -0.05) is 0 Å². The monoisotopic (exact) mass is 275 g/mol. The molecule has 19 heavy (non-hydrogen) atoms. The highest BCUT2D eigenvalue weighted by atomic mass is 19.4. The summed E-state index contributed by atoms with van der Waals surface area (Å²) in [5.41, 5.74) is -0.873. The molecule has 1 aromatic heterocycles. The maximum absolute atomic E-state index is 13.1. The standard InChI is InChI=1S/C11H5F4NO3/c12-7-2-1-5(3-6(7)9(17)18)8-4-19-10(16-8)11(13,14)15/h1-4H,(H,17,18). The van der Waals surface area contributed by atoms with Crippen molar-refractivity contribution in [1.29, 1.82) is 0 Å². The number of alkyl halides is 3. The van der Waals surface area contributed by atoms with E-state index in [9.17, 15) is 22.4 Å². The molecule has 0 aliphatic carbocycles. The first-order chi connectivity index (χ1) is 8.79. The largest absolute Gasteiger partial charge is 0.478 e. The number of carboxylic acids is 1. The van der Waals surface area contributed by atoms with Crippen molar-refractivity contribution in [3.8, 4) is 11.3 Å². The quantitative estimate of drug-likeness (QED) is 0.855. The summed E-state index contributed by atoms with van der Waals surface area (Å²) in [6.07, 6.45) is -4.02. The van der Waals surface area contributed by atoms with E-state index in [1.165, 1.54) is 0 Å². The Morgan fingerprint density at radius 3 is 2.53 bits per heavy atom. The van der Waals surface area contributed by atoms with Gasteiger partial charge in [-0.15, -0.1) is 0 Å². The van der Waals surface area contributed by atoms with Crippen LogP contribution in [0.5, 0.6) is 0 Å². The normalized spacial score (nSPS) is 11.6. The summed E-state index contributed by atoms with van der Waals surface area (Å²) < 4.78 is 54.2. The van der Waals surface area contributed by atoms with Gasteiger partial charge in [0.25, 0.3) is 0 Å². The smallest absolute Gasteiger partial charge is 0.468 e. The first-order valence-corrected chi connectivity index (χ1v) is 4.85. The fourth-order valence-corrected chi connectivity index (χ4v) is 1.39. The van der Waals surface area contributed by atoms with Crippen molar-refractivity contribution < 1.29 is 31.9 Å². The lowest BCUT2D eigenvalue weighted by Crippen LogP contribution is -2.05. The summed E-state index contributed by atoms with van der Waals surface area (Å²) in [5.74, 6) is -3.97. The van der Waals surface area contributed by atoms with Gasteiger partial charge in [-0.05, 0) is 18.2 Å². The van der Waals surface area contributed by atoms with Gasteiger partial charge in [0, 0.05) is 5.56 Å². The number of rotatable bonds is 2. The van der Waals surface area contributed by atoms with Crippen molar-refractivity contribution >= 4 is 5.97 Å². The lowest BCUT2D eigenvalue weighted by molar-refractivity contribution is -0.157. The molecule has 0 saturated heterocycles. The van der Waals surface area contributed by atoms with E-state index in [2.05, 4.69) is 9.40 Å². The first kappa shape index (κ1) is 13.1. The molecule has 0 saturated carbocycles. The second-order valence-corrected chi connectivity index (χ2v) is 3.54. The lowest BCUT2D eigenvalue weighted by atomic mass is 10.1. The molecule has 0 fully saturated rings. The molecule has 0 spiro atoms. The van der Waals surface area contributed by atoms with Gasteiger partial charge in [-0.2, -0.15) is 13.2 Å². The molecule has 1 N–H and O–H groups in total. The highest BCUT2D eigenvalue weighted by Crippen LogP contribution is 2.31. The van der Waals surface area contributed by atoms with Crippen LogP contribution in [-0.4, -0.2) is 16.1 Å². The Morgan fingerprint density at radius 2 is 2.00 bits per heavy atom. The fraction of sp³-hybridized carbons (Fsp3) is 0.0909. The maximum atomic E-state index is 13.1. The van der Waals surface area contributed by atoms with Crippen LogP contribution in [0.2, 0.25) is 0 Å². The van der Waals surface area contributed by atoms with Gasteiger partial charge in [-0.3, -0.25) is 0 Å². The topological polar surface area (TPSA) is 63.3 Å². The molecule has 0 unspecified atom stereocenters. The van der Waals surface area contributed by atoms with Crippen LogP contribution in [0, 0.1) is 5.82 Å². The van der Waals surface area contributed by atoms with E-state index in [0.29, 0.717) is 0 Å². The van der Waals surface area contributed by atoms with Crippen molar-refractivity contribution in [2.24, 2.45) is 0 Å². The lowest BCUT2D eigenvalue weighted by Gasteiger charge is -2.00. The van der Waals surface area contributed by atoms with Crippen molar-refractivity contribution in [3.05, 3.63) is 41.7 Å². The second kappa shape index (κ2) is 4.38. The van der Waals surface area contributed by atoms with Crippen LogP contribution in [0.25, 0.3) is 11.3 Å². The van der Waals surface area contributed by atoms with Gasteiger partial charge in [-0.25, -0.2) is 14.2 Å². The van der Waals surface area contributed by atoms with Crippen molar-refractivity contribution in [3.63, 3.8) is 0 Å². The minimum Gasteiger partial charge on any atom is -0.478 e. The first-order valence-electron chi connectivity index (χ1n) is 4.85. The van der Waals surface area contributed by atoms with Crippen LogP contribution in [-0.2, 0) is 6.18 Å². The maximum Gasteiger partial charge on any atom is 0.468 e. The number of nitrogens with zero attached hydrogens (tertiary/aromatic N) is 1. The Hall–Kier alpha value is -2.38. The van der Waals surface area contributed by atoms with E-state index in [1.54, 1.807) is 0 Å². The predicted molar refractivity (Wildman–Crippen MR) is 53.9 cm³/mol. The SMILES string of the molecule is O=C(O)c1cc(-c2coc(C(F)(F)F)n2)ccc1F. The average Bonchev–Trinajstić information content (AvgIpc) is 2.78. The highest BCUT2D eigenvalue weighted by molar-refractivity contribution is 5.89. The highest BCUT2D eigenvalue weighted by Gasteiger charge is 2.37. The van der Waals surface area contributed by atoms with Gasteiger partial charge in [0.2, 0.25) is 0 Å². The third kappa shape index (κ3) is 2.56. The minimum absolute atomic E-state index is 0.0121. The Kier molecular flexibility index (Phi) is 3.01. The molecule has 0 amide bonds. The summed E-state index contributed by atoms with van der Waals surface area (Å²) >= 11 is 0. The van der Waals surface area contributed by atoms with Crippen LogP contribution < -0.4 is 0 Å². The summed E-state index contributed by atoms with van der Waals surface area (Å²) in [6, 6.07) is 2.83. The molecular weight excluding hydrogens is 270 g/mol. The number of aromatic carboxylic acids is 1. The Morgan fingerprint density at radius 1 is 1.32 bits per heavy atom. The molecule has 100 valence electrons. The van der Waals surface area contributed by atoms with E-state index < -0.39 is 29.4 Å². The number of benzene rings is 1. The zero-order valence-corrected chi connectivity index (χ0v) is 9.03. The molecule has 0 radical (unpaired) electrons. The molecule has 0 aliphatic heterocycles. The van der Waals surface area contributed by atoms with E-state index >= 15 is 0 Å². The van der Waals surface area contributed by atoms with Gasteiger partial charge in [0.15, 0.2) is 0 Å². The number of hydrogen-bond acceptors (Lipinski definition) is 3. The molecule has 1 heterocycles. The van der Waals surface area contributed by atoms with Gasteiger partial charge in [0.1, 0.15) is 17.8 Å². The third-order valence-corrected chi connectivity index (χ3v) is 2.24. The third-order valence-electron chi connectivity index (χ3n) is 2.24. The molecule has 8 heteroatoms. The molecular formula is C11H5F4NO3. The van der Waals surface area contributed by atoms with Crippen molar-refractivity contribution in [2.75, 3.05) is 0 Å². The van der Waals surface area contributed by atoms with Crippen molar-refractivity contribution in [2.45, 2.75) is 6.18 Å². The predicted octanol–water partition coefficient (Wildman–Crippen LogP) is 3.20. The van der Waals surface area contributed by atoms with Crippen LogP contribution in [0.4, 0.5) is 17.6 Å². The van der Waals surface area contributed by atoms with E-state index in [1.807, 2.05) is 0 Å². The van der Waals surface area contributed by atoms with Crippen LogP contribution in [0.1, 0.15) is 16.2 Å². The summed E-state index contributed by atoms with van der Waals surface area (Å²) in [6.45, 7) is 0. The fourth-order valence-electron chi connectivity index (χ4n) is 1.39. The molecule has 2 rings (SSSR count). The van der Waals surface area contributed by atoms with Crippen LogP contribution >= 0.6 is 0 Å². The number of halogens is 4. The summed E-state index contributed by atoms with van der Waals surface area (Å²) in [4.78, 5) is 13.9. The summed E-state index contributed by atoms with van der Waals surface area (Å²) in [5, 5.41) is 8.71. The van der Waals surface area contributed by atoms with E-state index in [0.717, 1.165) is 24.5 Å². The Bertz CT molecular complexity index is 633. The second-order valence-electron chi connectivity index (χ2n) is 3.54. The number of hydrogen-bond donors (Lipinski definition) is 1. The number of carbonyl (C=O) groups is 1. The van der Waals surface area contributed by atoms with Gasteiger partial charge < -0.3 is 9.52 Å². The zero-order valence-electron chi connectivity index (χ0n) is 9.03. The minimum atomic E-state index is -4.74. The van der Waals surface area contributed by atoms with Crippen molar-refractivity contribution in [1.82, 2.24) is 4.98 Å². The molecule has 0 aliphatic rings.